The Kier molecular flexibility index (Phi) is 4.90. The van der Waals surface area contributed by atoms with Crippen LogP contribution in [0.15, 0.2) is 36.5 Å². The Labute approximate surface area is 168 Å². The number of carbonyl (C=O) groups is 1. The molecule has 2 aromatic heterocycles. The van der Waals surface area contributed by atoms with E-state index in [4.69, 9.17) is 0 Å². The quantitative estimate of drug-likeness (QED) is 0.639. The number of rotatable bonds is 7. The van der Waals surface area contributed by atoms with Crippen LogP contribution < -0.4 is 4.72 Å². The number of hydrogen-bond acceptors (Lipinski definition) is 4. The van der Waals surface area contributed by atoms with Gasteiger partial charge in [-0.25, -0.2) is 17.8 Å². The van der Waals surface area contributed by atoms with E-state index in [-0.39, 0.29) is 29.6 Å². The van der Waals surface area contributed by atoms with Crippen molar-refractivity contribution in [2.45, 2.75) is 26.2 Å². The number of hydrogen-bond donors (Lipinski definition) is 1. The van der Waals surface area contributed by atoms with Crippen LogP contribution in [0.5, 0.6) is 0 Å². The Morgan fingerprint density at radius 2 is 2.03 bits per heavy atom. The highest BCUT2D eigenvalue weighted by atomic mass is 32.2. The number of halogens is 1. The molecule has 0 atom stereocenters. The first-order valence-corrected chi connectivity index (χ1v) is 11.2. The molecular formula is C21H22FN3O3S. The molecule has 1 saturated carbocycles. The number of carbonyl (C=O) groups excluding carboxylic acids is 1. The molecule has 2 heterocycles. The summed E-state index contributed by atoms with van der Waals surface area (Å²) in [6.45, 7) is 1.49. The molecule has 0 unspecified atom stereocenters. The molecule has 6 nitrogen and oxygen atoms in total. The number of aromatic nitrogens is 2. The predicted molar refractivity (Wildman–Crippen MR) is 111 cm³/mol. The third kappa shape index (κ3) is 4.03. The lowest BCUT2D eigenvalue weighted by Gasteiger charge is -2.11. The van der Waals surface area contributed by atoms with Crippen molar-refractivity contribution in [1.29, 1.82) is 0 Å². The summed E-state index contributed by atoms with van der Waals surface area (Å²) in [5.41, 5.74) is 2.65. The van der Waals surface area contributed by atoms with Crippen LogP contribution in [0.3, 0.4) is 0 Å². The average molecular weight is 415 g/mol. The fourth-order valence-electron chi connectivity index (χ4n) is 3.35. The summed E-state index contributed by atoms with van der Waals surface area (Å²) in [5, 5.41) is 0.844. The van der Waals surface area contributed by atoms with E-state index in [9.17, 15) is 17.6 Å². The van der Waals surface area contributed by atoms with Gasteiger partial charge in [-0.15, -0.1) is 0 Å². The number of benzene rings is 1. The second-order valence-electron chi connectivity index (χ2n) is 7.44. The van der Waals surface area contributed by atoms with Crippen molar-refractivity contribution in [2.24, 2.45) is 13.0 Å². The minimum absolute atomic E-state index is 0.0851. The number of anilines is 1. The zero-order valence-electron chi connectivity index (χ0n) is 16.3. The van der Waals surface area contributed by atoms with Gasteiger partial charge >= 0.3 is 0 Å². The Hall–Kier alpha value is -2.74. The van der Waals surface area contributed by atoms with Gasteiger partial charge in [0, 0.05) is 31.0 Å². The van der Waals surface area contributed by atoms with Crippen molar-refractivity contribution in [1.82, 2.24) is 9.55 Å². The molecule has 0 bridgehead atoms. The van der Waals surface area contributed by atoms with Gasteiger partial charge in [-0.2, -0.15) is 0 Å². The molecule has 1 fully saturated rings. The highest BCUT2D eigenvalue weighted by molar-refractivity contribution is 7.92. The van der Waals surface area contributed by atoms with Crippen molar-refractivity contribution in [3.8, 4) is 11.1 Å². The zero-order chi connectivity index (χ0) is 20.8. The summed E-state index contributed by atoms with van der Waals surface area (Å²) >= 11 is 0. The van der Waals surface area contributed by atoms with E-state index in [2.05, 4.69) is 9.71 Å². The van der Waals surface area contributed by atoms with Gasteiger partial charge in [-0.3, -0.25) is 9.52 Å². The molecule has 8 heteroatoms. The fraction of sp³-hybridized carbons (Fsp3) is 0.333. The van der Waals surface area contributed by atoms with Gasteiger partial charge in [-0.1, -0.05) is 6.07 Å². The minimum Gasteiger partial charge on any atom is -0.336 e. The van der Waals surface area contributed by atoms with Crippen LogP contribution in [0.1, 0.15) is 25.5 Å². The minimum atomic E-state index is -3.57. The van der Waals surface area contributed by atoms with Crippen molar-refractivity contribution in [2.75, 3.05) is 10.5 Å². The number of nitrogens with one attached hydrogen (secondary N) is 1. The van der Waals surface area contributed by atoms with Crippen molar-refractivity contribution in [3.05, 3.63) is 48.0 Å². The Balaban J connectivity index is 1.76. The number of Topliss-reactive ketones (excluding diaryl/α,β-unsaturated/α-hetero) is 1. The van der Waals surface area contributed by atoms with Crippen molar-refractivity contribution < 1.29 is 17.6 Å². The summed E-state index contributed by atoms with van der Waals surface area (Å²) in [5.74, 6) is -0.460. The fourth-order valence-corrected chi connectivity index (χ4v) is 3.99. The molecule has 0 spiro atoms. The van der Waals surface area contributed by atoms with E-state index >= 15 is 0 Å². The molecule has 1 aliphatic rings. The molecule has 1 aliphatic carbocycles. The molecule has 0 saturated heterocycles. The zero-order valence-corrected chi connectivity index (χ0v) is 17.1. The topological polar surface area (TPSA) is 81.1 Å². The van der Waals surface area contributed by atoms with Crippen LogP contribution in [0.25, 0.3) is 22.2 Å². The van der Waals surface area contributed by atoms with Crippen LogP contribution in [-0.4, -0.2) is 29.5 Å². The van der Waals surface area contributed by atoms with Gasteiger partial charge in [0.25, 0.3) is 0 Å². The smallest absolute Gasteiger partial charge is 0.232 e. The van der Waals surface area contributed by atoms with Crippen LogP contribution in [0.2, 0.25) is 0 Å². The van der Waals surface area contributed by atoms with E-state index in [0.717, 1.165) is 29.4 Å². The molecule has 29 heavy (non-hydrogen) atoms. The highest BCUT2D eigenvalue weighted by Gasteiger charge is 2.29. The standard InChI is InChI=1S/C21H22FN3O3S/c1-3-29(27,28)24-19-7-6-14(10-18(19)22)17-11-15(12-20(26)13-4-5-13)23-21-16(17)8-9-25(21)2/h6-11,13,24H,3-5,12H2,1-2H3. The first kappa shape index (κ1) is 19.6. The molecule has 1 N–H and O–H groups in total. The Morgan fingerprint density at radius 1 is 1.28 bits per heavy atom. The maximum Gasteiger partial charge on any atom is 0.232 e. The van der Waals surface area contributed by atoms with E-state index in [1.54, 1.807) is 6.07 Å². The SMILES string of the molecule is CCS(=O)(=O)Nc1ccc(-c2cc(CC(=O)C3CC3)nc3c2ccn3C)cc1F. The number of nitrogens with zero attached hydrogens (tertiary/aromatic N) is 2. The average Bonchev–Trinajstić information content (AvgIpc) is 3.47. The molecule has 152 valence electrons. The van der Waals surface area contributed by atoms with Crippen LogP contribution in [0, 0.1) is 11.7 Å². The van der Waals surface area contributed by atoms with E-state index in [1.807, 2.05) is 29.9 Å². The second-order valence-corrected chi connectivity index (χ2v) is 9.45. The molecule has 0 amide bonds. The van der Waals surface area contributed by atoms with Crippen LogP contribution in [0.4, 0.5) is 10.1 Å². The molecule has 3 aromatic rings. The maximum absolute atomic E-state index is 14.6. The monoisotopic (exact) mass is 415 g/mol. The Bertz CT molecular complexity index is 1210. The number of aryl methyl sites for hydroxylation is 1. The van der Waals surface area contributed by atoms with E-state index in [0.29, 0.717) is 11.3 Å². The van der Waals surface area contributed by atoms with E-state index in [1.165, 1.54) is 19.1 Å². The molecule has 0 aliphatic heterocycles. The summed E-state index contributed by atoms with van der Waals surface area (Å²) in [7, 11) is -1.70. The van der Waals surface area contributed by atoms with Crippen molar-refractivity contribution in [3.63, 3.8) is 0 Å². The lowest BCUT2D eigenvalue weighted by Crippen LogP contribution is -2.15. The summed E-state index contributed by atoms with van der Waals surface area (Å²) in [6.07, 6.45) is 4.01. The maximum atomic E-state index is 14.6. The number of fused-ring (bicyclic) bond motifs is 1. The van der Waals surface area contributed by atoms with Gasteiger partial charge in [0.2, 0.25) is 10.0 Å². The molecular weight excluding hydrogens is 393 g/mol. The number of ketones is 1. The van der Waals surface area contributed by atoms with Gasteiger partial charge in [0.05, 0.1) is 17.1 Å². The largest absolute Gasteiger partial charge is 0.336 e. The first-order chi connectivity index (χ1) is 13.8. The van der Waals surface area contributed by atoms with Crippen molar-refractivity contribution >= 4 is 32.5 Å². The summed E-state index contributed by atoms with van der Waals surface area (Å²) in [6, 6.07) is 8.12. The third-order valence-corrected chi connectivity index (χ3v) is 6.50. The van der Waals surface area contributed by atoms with Gasteiger partial charge in [0.15, 0.2) is 0 Å². The normalized spacial score (nSPS) is 14.3. The van der Waals surface area contributed by atoms with Gasteiger partial charge in [0.1, 0.15) is 17.2 Å². The number of sulfonamides is 1. The highest BCUT2D eigenvalue weighted by Crippen LogP contribution is 2.34. The van der Waals surface area contributed by atoms with Gasteiger partial charge < -0.3 is 4.57 Å². The summed E-state index contributed by atoms with van der Waals surface area (Å²) < 4.78 is 42.2. The summed E-state index contributed by atoms with van der Waals surface area (Å²) in [4.78, 5) is 16.9. The predicted octanol–water partition coefficient (Wildman–Crippen LogP) is 3.66. The number of pyridine rings is 1. The lowest BCUT2D eigenvalue weighted by molar-refractivity contribution is -0.119. The van der Waals surface area contributed by atoms with Crippen LogP contribution >= 0.6 is 0 Å². The molecule has 4 rings (SSSR count). The van der Waals surface area contributed by atoms with Crippen LogP contribution in [-0.2, 0) is 28.3 Å². The van der Waals surface area contributed by atoms with E-state index < -0.39 is 15.8 Å². The van der Waals surface area contributed by atoms with Gasteiger partial charge in [-0.05, 0) is 55.2 Å². The lowest BCUT2D eigenvalue weighted by atomic mass is 10.0. The molecule has 1 aromatic carbocycles. The Morgan fingerprint density at radius 3 is 2.69 bits per heavy atom. The second kappa shape index (κ2) is 7.26. The molecule has 0 radical (unpaired) electrons. The first-order valence-electron chi connectivity index (χ1n) is 9.55. The third-order valence-electron chi connectivity index (χ3n) is 5.20.